The molecule has 27 heavy (non-hydrogen) atoms. The van der Waals surface area contributed by atoms with Crippen LogP contribution in [0, 0.1) is 5.82 Å². The fraction of sp³-hybridized carbons (Fsp3) is 0.389. The lowest BCUT2D eigenvalue weighted by Crippen LogP contribution is -2.65. The summed E-state index contributed by atoms with van der Waals surface area (Å²) in [5.74, 6) is 0.590. The molecule has 1 unspecified atom stereocenters. The number of imidazole rings is 1. The van der Waals surface area contributed by atoms with E-state index in [0.717, 1.165) is 19.4 Å². The summed E-state index contributed by atoms with van der Waals surface area (Å²) in [6.07, 6.45) is 6.26. The van der Waals surface area contributed by atoms with Crippen LogP contribution in [0.25, 0.3) is 17.2 Å². The van der Waals surface area contributed by atoms with Crippen LogP contribution in [0.1, 0.15) is 12.8 Å². The van der Waals surface area contributed by atoms with Crippen LogP contribution >= 0.6 is 0 Å². The van der Waals surface area contributed by atoms with Crippen LogP contribution < -0.4 is 10.6 Å². The van der Waals surface area contributed by atoms with E-state index in [4.69, 9.17) is 0 Å². The van der Waals surface area contributed by atoms with Gasteiger partial charge in [0, 0.05) is 12.4 Å². The highest BCUT2D eigenvalue weighted by atomic mass is 19.1. The molecule has 0 amide bonds. The van der Waals surface area contributed by atoms with Crippen LogP contribution in [-0.2, 0) is 0 Å². The van der Waals surface area contributed by atoms with Crippen LogP contribution in [0.3, 0.4) is 0 Å². The first-order valence-corrected chi connectivity index (χ1v) is 8.84. The van der Waals surface area contributed by atoms with Gasteiger partial charge in [-0.05, 0) is 37.6 Å². The predicted octanol–water partition coefficient (Wildman–Crippen LogP) is 0.818. The number of hydrogen-bond acceptors (Lipinski definition) is 7. The summed E-state index contributed by atoms with van der Waals surface area (Å²) < 4.78 is 15.2. The van der Waals surface area contributed by atoms with Gasteiger partial charge in [0.25, 0.3) is 0 Å². The van der Waals surface area contributed by atoms with Crippen molar-refractivity contribution in [3.8, 4) is 11.5 Å². The average Bonchev–Trinajstić information content (AvgIpc) is 3.12. The van der Waals surface area contributed by atoms with Crippen molar-refractivity contribution in [1.29, 1.82) is 0 Å². The molecule has 0 spiro atoms. The number of nitrogens with one attached hydrogen (secondary N) is 2. The van der Waals surface area contributed by atoms with Crippen LogP contribution in [-0.4, -0.2) is 60.9 Å². The van der Waals surface area contributed by atoms with Gasteiger partial charge in [-0.1, -0.05) is 0 Å². The molecule has 3 aromatic rings. The van der Waals surface area contributed by atoms with Crippen LogP contribution in [0.2, 0.25) is 0 Å². The molecule has 1 aliphatic heterocycles. The van der Waals surface area contributed by atoms with E-state index in [-0.39, 0.29) is 25.1 Å². The molecule has 1 saturated heterocycles. The monoisotopic (exact) mass is 372 g/mol. The normalized spacial score (nSPS) is 19.3. The Morgan fingerprint density at radius 2 is 2.11 bits per heavy atom. The molecule has 3 aromatic heterocycles. The van der Waals surface area contributed by atoms with E-state index in [0.29, 0.717) is 23.0 Å². The van der Waals surface area contributed by atoms with Crippen molar-refractivity contribution in [3.63, 3.8) is 0 Å². The smallest absolute Gasteiger partial charge is 0.180 e. The maximum absolute atomic E-state index is 13.6. The number of aromatic nitrogens is 4. The molecule has 4 heterocycles. The van der Waals surface area contributed by atoms with Gasteiger partial charge in [-0.3, -0.25) is 4.40 Å². The first-order valence-electron chi connectivity index (χ1n) is 8.84. The number of nitrogens with zero attached hydrogens (tertiary/aromatic N) is 4. The minimum atomic E-state index is -0.810. The van der Waals surface area contributed by atoms with Crippen molar-refractivity contribution < 1.29 is 14.6 Å². The number of hydrogen-bond donors (Lipinski definition) is 4. The third kappa shape index (κ3) is 3.25. The van der Waals surface area contributed by atoms with Gasteiger partial charge in [-0.25, -0.2) is 19.3 Å². The van der Waals surface area contributed by atoms with Crippen molar-refractivity contribution in [2.24, 2.45) is 0 Å². The largest absolute Gasteiger partial charge is 0.394 e. The first-order chi connectivity index (χ1) is 13.1. The van der Waals surface area contributed by atoms with Crippen molar-refractivity contribution in [2.75, 3.05) is 25.1 Å². The zero-order chi connectivity index (χ0) is 18.9. The van der Waals surface area contributed by atoms with Gasteiger partial charge in [-0.15, -0.1) is 0 Å². The van der Waals surface area contributed by atoms with E-state index in [1.807, 2.05) is 0 Å². The Kier molecular flexibility index (Phi) is 4.73. The number of anilines is 1. The highest BCUT2D eigenvalue weighted by molar-refractivity contribution is 5.58. The molecule has 8 nitrogen and oxygen atoms in total. The van der Waals surface area contributed by atoms with Crippen molar-refractivity contribution in [1.82, 2.24) is 24.7 Å². The zero-order valence-electron chi connectivity index (χ0n) is 14.6. The molecular weight excluding hydrogens is 351 g/mol. The molecule has 1 atom stereocenters. The second kappa shape index (κ2) is 7.18. The Hall–Kier alpha value is -2.62. The third-order valence-electron chi connectivity index (χ3n) is 5.05. The summed E-state index contributed by atoms with van der Waals surface area (Å²) in [6, 6.07) is 4.47. The highest BCUT2D eigenvalue weighted by Gasteiger charge is 2.40. The lowest BCUT2D eigenvalue weighted by molar-refractivity contribution is 0.0604. The molecular formula is C18H21FN6O2. The summed E-state index contributed by atoms with van der Waals surface area (Å²) in [4.78, 5) is 13.1. The number of piperidine rings is 1. The Labute approximate surface area is 155 Å². The summed E-state index contributed by atoms with van der Waals surface area (Å²) in [5.41, 5.74) is 0.366. The van der Waals surface area contributed by atoms with Gasteiger partial charge in [0.1, 0.15) is 23.0 Å². The first kappa shape index (κ1) is 17.8. The lowest BCUT2D eigenvalue weighted by atomic mass is 9.85. The molecule has 0 bridgehead atoms. The SMILES string of the molecule is OCC1(CO)NCCCC1Nc1ccnc(-c2cnc3ccc(F)cn23)n1. The Balaban J connectivity index is 1.65. The van der Waals surface area contributed by atoms with E-state index < -0.39 is 5.54 Å². The molecule has 1 aliphatic rings. The summed E-state index contributed by atoms with van der Waals surface area (Å²) in [6.45, 7) is 0.360. The molecule has 1 fully saturated rings. The van der Waals surface area contributed by atoms with Gasteiger partial charge in [-0.2, -0.15) is 0 Å². The van der Waals surface area contributed by atoms with Gasteiger partial charge in [0.15, 0.2) is 5.82 Å². The van der Waals surface area contributed by atoms with E-state index >= 15 is 0 Å². The highest BCUT2D eigenvalue weighted by Crippen LogP contribution is 2.24. The van der Waals surface area contributed by atoms with Gasteiger partial charge in [0.2, 0.25) is 0 Å². The van der Waals surface area contributed by atoms with E-state index in [1.54, 1.807) is 28.9 Å². The van der Waals surface area contributed by atoms with E-state index in [2.05, 4.69) is 25.6 Å². The fourth-order valence-corrected chi connectivity index (χ4v) is 3.50. The molecule has 0 aliphatic carbocycles. The minimum absolute atomic E-state index is 0.189. The molecule has 0 aromatic carbocycles. The number of pyridine rings is 1. The van der Waals surface area contributed by atoms with Gasteiger partial charge >= 0.3 is 0 Å². The molecule has 4 N–H and O–H groups in total. The second-order valence-electron chi connectivity index (χ2n) is 6.72. The zero-order valence-corrected chi connectivity index (χ0v) is 14.6. The molecule has 4 rings (SSSR count). The Bertz CT molecular complexity index is 943. The van der Waals surface area contributed by atoms with Crippen LogP contribution in [0.15, 0.2) is 36.8 Å². The number of rotatable bonds is 5. The Morgan fingerprint density at radius 1 is 1.26 bits per heavy atom. The van der Waals surface area contributed by atoms with Crippen molar-refractivity contribution >= 4 is 11.5 Å². The maximum atomic E-state index is 13.6. The van der Waals surface area contributed by atoms with E-state index in [1.165, 1.54) is 12.3 Å². The topological polar surface area (TPSA) is 108 Å². The standard InChI is InChI=1S/C18H21FN6O2/c19-12-3-4-16-21-8-13(25(16)9-12)17-20-7-5-15(24-17)23-14-2-1-6-22-18(14,10-26)11-27/h3-5,7-9,14,22,26-27H,1-2,6,10-11H2,(H,20,23,24). The third-order valence-corrected chi connectivity index (χ3v) is 5.05. The predicted molar refractivity (Wildman–Crippen MR) is 97.7 cm³/mol. The quantitative estimate of drug-likeness (QED) is 0.525. The number of aliphatic hydroxyl groups excluding tert-OH is 2. The molecule has 0 saturated carbocycles. The molecule has 142 valence electrons. The maximum Gasteiger partial charge on any atom is 0.180 e. The lowest BCUT2D eigenvalue weighted by Gasteiger charge is -2.43. The number of halogens is 1. The van der Waals surface area contributed by atoms with Gasteiger partial charge in [0.05, 0.1) is 31.0 Å². The number of fused-ring (bicyclic) bond motifs is 1. The number of aliphatic hydroxyl groups is 2. The van der Waals surface area contributed by atoms with Crippen LogP contribution in [0.5, 0.6) is 0 Å². The average molecular weight is 372 g/mol. The second-order valence-corrected chi connectivity index (χ2v) is 6.72. The van der Waals surface area contributed by atoms with E-state index in [9.17, 15) is 14.6 Å². The Morgan fingerprint density at radius 3 is 2.93 bits per heavy atom. The molecule has 9 heteroatoms. The fourth-order valence-electron chi connectivity index (χ4n) is 3.50. The van der Waals surface area contributed by atoms with Gasteiger partial charge < -0.3 is 20.8 Å². The van der Waals surface area contributed by atoms with Crippen molar-refractivity contribution in [3.05, 3.63) is 42.6 Å². The summed E-state index contributed by atoms with van der Waals surface area (Å²) >= 11 is 0. The summed E-state index contributed by atoms with van der Waals surface area (Å²) in [7, 11) is 0. The summed E-state index contributed by atoms with van der Waals surface area (Å²) in [5, 5.41) is 26.1. The molecule has 0 radical (unpaired) electrons. The minimum Gasteiger partial charge on any atom is -0.394 e. The van der Waals surface area contributed by atoms with Crippen molar-refractivity contribution in [2.45, 2.75) is 24.4 Å². The van der Waals surface area contributed by atoms with Crippen LogP contribution in [0.4, 0.5) is 10.2 Å².